The zero-order valence-corrected chi connectivity index (χ0v) is 20.1. The molecule has 7 heteroatoms. The number of phenolic OH excluding ortho intramolecular Hbond substituents is 1. The molecule has 180 valence electrons. The van der Waals surface area contributed by atoms with Crippen molar-refractivity contribution in [2.75, 3.05) is 52.3 Å². The molecule has 0 aliphatic carbocycles. The summed E-state index contributed by atoms with van der Waals surface area (Å²) in [6.45, 7) is 3.96. The van der Waals surface area contributed by atoms with Gasteiger partial charge >= 0.3 is 0 Å². The van der Waals surface area contributed by atoms with Gasteiger partial charge in [-0.3, -0.25) is 4.79 Å². The molecule has 2 heterocycles. The molecule has 0 unspecified atom stereocenters. The lowest BCUT2D eigenvalue weighted by Gasteiger charge is -2.34. The van der Waals surface area contributed by atoms with Gasteiger partial charge in [-0.25, -0.2) is 0 Å². The van der Waals surface area contributed by atoms with Gasteiger partial charge in [0.15, 0.2) is 0 Å². The average molecular weight is 473 g/mol. The number of aromatic hydroxyl groups is 1. The molecule has 1 aromatic heterocycles. The summed E-state index contributed by atoms with van der Waals surface area (Å²) in [7, 11) is 5.20. The first-order valence-electron chi connectivity index (χ1n) is 11.5. The Morgan fingerprint density at radius 2 is 1.51 bits per heavy atom. The second-order valence-electron chi connectivity index (χ2n) is 8.72. The Morgan fingerprint density at radius 3 is 2.14 bits per heavy atom. The van der Waals surface area contributed by atoms with E-state index in [4.69, 9.17) is 13.9 Å². The molecule has 0 spiro atoms. The van der Waals surface area contributed by atoms with Gasteiger partial charge in [0.25, 0.3) is 0 Å². The van der Waals surface area contributed by atoms with E-state index < -0.39 is 0 Å². The van der Waals surface area contributed by atoms with E-state index in [1.54, 1.807) is 43.5 Å². The normalized spacial score (nSPS) is 14.3. The van der Waals surface area contributed by atoms with Crippen molar-refractivity contribution in [2.24, 2.45) is 0 Å². The quantitative estimate of drug-likeness (QED) is 0.455. The molecule has 1 aliphatic heterocycles. The minimum absolute atomic E-state index is 0.137. The highest BCUT2D eigenvalue weighted by molar-refractivity contribution is 5.93. The van der Waals surface area contributed by atoms with Gasteiger partial charge in [0.2, 0.25) is 5.43 Å². The summed E-state index contributed by atoms with van der Waals surface area (Å²) in [6.07, 6.45) is 0. The van der Waals surface area contributed by atoms with Crippen LogP contribution in [0.15, 0.2) is 69.9 Å². The number of likely N-dealkylation sites (N-methyl/N-ethyl adjacent to an activating group) is 1. The van der Waals surface area contributed by atoms with E-state index in [-0.39, 0.29) is 11.2 Å². The van der Waals surface area contributed by atoms with Crippen molar-refractivity contribution in [3.63, 3.8) is 0 Å². The van der Waals surface area contributed by atoms with Crippen LogP contribution >= 0.6 is 0 Å². The highest BCUT2D eigenvalue weighted by Crippen LogP contribution is 2.38. The van der Waals surface area contributed by atoms with Gasteiger partial charge in [-0.1, -0.05) is 12.1 Å². The van der Waals surface area contributed by atoms with Crippen molar-refractivity contribution in [1.29, 1.82) is 0 Å². The Hall–Kier alpha value is -3.97. The molecule has 0 radical (unpaired) electrons. The predicted octanol–water partition coefficient (Wildman–Crippen LogP) is 4.60. The summed E-state index contributed by atoms with van der Waals surface area (Å²) in [6, 6.07) is 18.0. The van der Waals surface area contributed by atoms with E-state index in [0.29, 0.717) is 39.4 Å². The number of piperazine rings is 1. The summed E-state index contributed by atoms with van der Waals surface area (Å²) >= 11 is 0. The number of rotatable bonds is 5. The van der Waals surface area contributed by atoms with Crippen LogP contribution in [0.1, 0.15) is 0 Å². The van der Waals surface area contributed by atoms with Crippen LogP contribution in [0.25, 0.3) is 33.4 Å². The maximum atomic E-state index is 13.9. The minimum Gasteiger partial charge on any atom is -0.508 e. The van der Waals surface area contributed by atoms with Crippen LogP contribution in [0, 0.1) is 0 Å². The van der Waals surface area contributed by atoms with Gasteiger partial charge in [-0.2, -0.15) is 0 Å². The fraction of sp³-hybridized carbons (Fsp3) is 0.250. The van der Waals surface area contributed by atoms with Crippen molar-refractivity contribution in [3.05, 3.63) is 70.9 Å². The van der Waals surface area contributed by atoms with E-state index in [1.165, 1.54) is 7.11 Å². The molecule has 0 amide bonds. The van der Waals surface area contributed by atoms with Gasteiger partial charge in [0, 0.05) is 49.6 Å². The summed E-state index contributed by atoms with van der Waals surface area (Å²) in [5.41, 5.74) is 3.17. The largest absolute Gasteiger partial charge is 0.508 e. The van der Waals surface area contributed by atoms with Crippen molar-refractivity contribution in [3.8, 4) is 39.7 Å². The number of ether oxygens (including phenoxy) is 2. The lowest BCUT2D eigenvalue weighted by atomic mass is 9.97. The number of phenols is 1. The minimum atomic E-state index is -0.193. The first kappa shape index (κ1) is 22.8. The number of nitrogens with zero attached hydrogens (tertiary/aromatic N) is 2. The molecule has 35 heavy (non-hydrogen) atoms. The van der Waals surface area contributed by atoms with Crippen molar-refractivity contribution >= 4 is 16.7 Å². The Labute approximate surface area is 203 Å². The van der Waals surface area contributed by atoms with Crippen LogP contribution in [0.4, 0.5) is 5.69 Å². The van der Waals surface area contributed by atoms with Crippen LogP contribution in [0.2, 0.25) is 0 Å². The topological polar surface area (TPSA) is 75.4 Å². The molecule has 3 aromatic carbocycles. The molecule has 0 atom stereocenters. The third-order valence-corrected chi connectivity index (χ3v) is 6.54. The molecule has 5 rings (SSSR count). The summed E-state index contributed by atoms with van der Waals surface area (Å²) in [4.78, 5) is 18.6. The number of methoxy groups -OCH3 is 2. The lowest BCUT2D eigenvalue weighted by Crippen LogP contribution is -2.44. The second-order valence-corrected chi connectivity index (χ2v) is 8.72. The Balaban J connectivity index is 1.69. The van der Waals surface area contributed by atoms with Crippen LogP contribution in [0.5, 0.6) is 17.2 Å². The summed E-state index contributed by atoms with van der Waals surface area (Å²) < 4.78 is 17.2. The smallest absolute Gasteiger partial charge is 0.204 e. The summed E-state index contributed by atoms with van der Waals surface area (Å²) in [5.74, 6) is 1.47. The second kappa shape index (κ2) is 9.35. The summed E-state index contributed by atoms with van der Waals surface area (Å²) in [5, 5.41) is 10.1. The van der Waals surface area contributed by atoms with Crippen LogP contribution < -0.4 is 19.8 Å². The third-order valence-electron chi connectivity index (χ3n) is 6.54. The molecule has 0 bridgehead atoms. The lowest BCUT2D eigenvalue weighted by molar-refractivity contribution is 0.313. The van der Waals surface area contributed by atoms with E-state index in [0.717, 1.165) is 37.4 Å². The predicted molar refractivity (Wildman–Crippen MR) is 138 cm³/mol. The van der Waals surface area contributed by atoms with E-state index in [2.05, 4.69) is 29.0 Å². The standard InChI is InChI=1S/C28H28N2O5/c1-29-12-14-30(15-13-29)20-8-4-18(5-9-20)25-27(32)26-23(34-3)16-22(33-2)17-24(26)35-28(25)19-6-10-21(31)11-7-19/h4-11,16-17,31H,12-15H2,1-3H3. The highest BCUT2D eigenvalue weighted by Gasteiger charge is 2.22. The number of hydrogen-bond donors (Lipinski definition) is 1. The fourth-order valence-electron chi connectivity index (χ4n) is 4.52. The van der Waals surface area contributed by atoms with Gasteiger partial charge < -0.3 is 28.8 Å². The zero-order valence-electron chi connectivity index (χ0n) is 20.1. The number of anilines is 1. The molecule has 1 fully saturated rings. The van der Waals surface area contributed by atoms with Gasteiger partial charge in [0.05, 0.1) is 19.8 Å². The first-order chi connectivity index (χ1) is 17.0. The van der Waals surface area contributed by atoms with Crippen molar-refractivity contribution in [1.82, 2.24) is 4.90 Å². The number of benzene rings is 3. The molecular weight excluding hydrogens is 444 g/mol. The van der Waals surface area contributed by atoms with Gasteiger partial charge in [0.1, 0.15) is 34.0 Å². The van der Waals surface area contributed by atoms with Crippen molar-refractivity contribution < 1.29 is 19.0 Å². The molecule has 1 N–H and O–H groups in total. The fourth-order valence-corrected chi connectivity index (χ4v) is 4.52. The van der Waals surface area contributed by atoms with E-state index in [1.807, 2.05) is 12.1 Å². The molecule has 1 aliphatic rings. The van der Waals surface area contributed by atoms with Gasteiger partial charge in [-0.15, -0.1) is 0 Å². The molecule has 7 nitrogen and oxygen atoms in total. The first-order valence-corrected chi connectivity index (χ1v) is 11.5. The van der Waals surface area contributed by atoms with Gasteiger partial charge in [-0.05, 0) is 49.0 Å². The van der Waals surface area contributed by atoms with E-state index >= 15 is 0 Å². The zero-order chi connectivity index (χ0) is 24.5. The Morgan fingerprint density at radius 1 is 0.857 bits per heavy atom. The molecule has 0 saturated carbocycles. The van der Waals surface area contributed by atoms with Crippen LogP contribution in [-0.4, -0.2) is 57.5 Å². The van der Waals surface area contributed by atoms with Crippen molar-refractivity contribution in [2.45, 2.75) is 0 Å². The average Bonchev–Trinajstić information content (AvgIpc) is 2.89. The van der Waals surface area contributed by atoms with Crippen LogP contribution in [0.3, 0.4) is 0 Å². The highest BCUT2D eigenvalue weighted by atomic mass is 16.5. The molecule has 4 aromatic rings. The maximum absolute atomic E-state index is 13.9. The van der Waals surface area contributed by atoms with Crippen LogP contribution in [-0.2, 0) is 0 Å². The number of fused-ring (bicyclic) bond motifs is 1. The SMILES string of the molecule is COc1cc(OC)c2c(=O)c(-c3ccc(N4CCN(C)CC4)cc3)c(-c3ccc(O)cc3)oc2c1. The molecular formula is C28H28N2O5. The Kier molecular flexibility index (Phi) is 6.09. The molecule has 1 saturated heterocycles. The Bertz CT molecular complexity index is 1400. The number of hydrogen-bond acceptors (Lipinski definition) is 7. The maximum Gasteiger partial charge on any atom is 0.204 e. The third kappa shape index (κ3) is 4.31. The van der Waals surface area contributed by atoms with E-state index in [9.17, 15) is 9.90 Å². The monoisotopic (exact) mass is 472 g/mol.